The Kier molecular flexibility index (Phi) is 13.7. The Morgan fingerprint density at radius 3 is 2.29 bits per heavy atom. The van der Waals surface area contributed by atoms with E-state index in [2.05, 4.69) is 21.3 Å². The van der Waals surface area contributed by atoms with Crippen LogP contribution in [0.25, 0.3) is 0 Å². The average Bonchev–Trinajstić information content (AvgIpc) is 3.09. The Balaban J connectivity index is 1.56. The van der Waals surface area contributed by atoms with Crippen molar-refractivity contribution in [3.05, 3.63) is 106 Å². The Hall–Kier alpha value is -5.24. The molecule has 49 heavy (non-hydrogen) atoms. The van der Waals surface area contributed by atoms with Gasteiger partial charge < -0.3 is 27.0 Å². The lowest BCUT2D eigenvalue weighted by molar-refractivity contribution is -0.387. The lowest BCUT2D eigenvalue weighted by atomic mass is 10.0. The number of aryl methyl sites for hydroxylation is 1. The van der Waals surface area contributed by atoms with Crippen LogP contribution in [-0.2, 0) is 32.0 Å². The molecule has 0 fully saturated rings. The minimum atomic E-state index is -1.12. The average molecular weight is 689 g/mol. The number of carbonyl (C=O) groups excluding carboxylic acids is 5. The van der Waals surface area contributed by atoms with Crippen molar-refractivity contribution in [2.45, 2.75) is 68.0 Å². The molecule has 3 atom stereocenters. The molecule has 258 valence electrons. The van der Waals surface area contributed by atoms with Crippen molar-refractivity contribution in [1.82, 2.24) is 21.3 Å². The van der Waals surface area contributed by atoms with Crippen LogP contribution in [0.1, 0.15) is 53.6 Å². The van der Waals surface area contributed by atoms with Gasteiger partial charge in [0.25, 0.3) is 11.6 Å². The van der Waals surface area contributed by atoms with E-state index in [0.29, 0.717) is 25.7 Å². The summed E-state index contributed by atoms with van der Waals surface area (Å²) in [4.78, 5) is 76.8. The molecule has 2 aliphatic rings. The number of primary amides is 1. The van der Waals surface area contributed by atoms with E-state index < -0.39 is 46.7 Å². The smallest absolute Gasteiger partial charge is 0.283 e. The number of fused-ring (bicyclic) bond motifs is 16. The van der Waals surface area contributed by atoms with E-state index in [1.807, 2.05) is 36.4 Å². The topological polar surface area (TPSA) is 203 Å². The van der Waals surface area contributed by atoms with Crippen molar-refractivity contribution in [2.24, 2.45) is 5.73 Å². The summed E-state index contributed by atoms with van der Waals surface area (Å²) in [5.74, 6) is -2.94. The zero-order chi connectivity index (χ0) is 35.2. The molecule has 0 unspecified atom stereocenters. The molecule has 3 aromatic carbocycles. The van der Waals surface area contributed by atoms with Crippen LogP contribution in [0.3, 0.4) is 0 Å². The van der Waals surface area contributed by atoms with Crippen LogP contribution < -0.4 is 27.0 Å². The van der Waals surface area contributed by atoms with Crippen LogP contribution in [0.4, 0.5) is 5.69 Å². The number of nitrogens with one attached hydrogen (secondary N) is 4. The van der Waals surface area contributed by atoms with E-state index in [9.17, 15) is 34.1 Å². The molecule has 0 radical (unpaired) electrons. The van der Waals surface area contributed by atoms with Crippen molar-refractivity contribution < 1.29 is 28.9 Å². The first-order chi connectivity index (χ1) is 23.6. The molecule has 0 spiro atoms. The maximum absolute atomic E-state index is 13.4. The Bertz CT molecular complexity index is 1640. The molecule has 2 heterocycles. The highest BCUT2D eigenvalue weighted by molar-refractivity contribution is 7.99. The number of hydrogen-bond acceptors (Lipinski definition) is 8. The second-order valence-electron chi connectivity index (χ2n) is 11.7. The van der Waals surface area contributed by atoms with Gasteiger partial charge in [0.05, 0.1) is 9.82 Å². The van der Waals surface area contributed by atoms with Gasteiger partial charge in [0.15, 0.2) is 0 Å². The molecular weight excluding hydrogens is 648 g/mol. The Morgan fingerprint density at radius 2 is 1.61 bits per heavy atom. The number of nitro groups is 1. The molecule has 3 aromatic rings. The Labute approximate surface area is 288 Å². The summed E-state index contributed by atoms with van der Waals surface area (Å²) >= 11 is 1.01. The minimum Gasteiger partial charge on any atom is -0.368 e. The minimum absolute atomic E-state index is 0.00996. The van der Waals surface area contributed by atoms with Crippen LogP contribution >= 0.6 is 11.8 Å². The molecule has 5 rings (SSSR count). The summed E-state index contributed by atoms with van der Waals surface area (Å²) in [6.45, 7) is 0.213. The van der Waals surface area contributed by atoms with Crippen LogP contribution in [0.5, 0.6) is 0 Å². The molecular formula is C35H40N6O7S. The van der Waals surface area contributed by atoms with Gasteiger partial charge in [0, 0.05) is 36.8 Å². The predicted octanol–water partition coefficient (Wildman–Crippen LogP) is 2.81. The molecule has 0 aromatic heterocycles. The van der Waals surface area contributed by atoms with E-state index in [-0.39, 0.29) is 53.6 Å². The third-order valence-electron chi connectivity index (χ3n) is 7.97. The van der Waals surface area contributed by atoms with Crippen LogP contribution in [0.15, 0.2) is 83.8 Å². The number of nitrogens with zero attached hydrogens (tertiary/aromatic N) is 1. The lowest BCUT2D eigenvalue weighted by Gasteiger charge is -2.22. The third-order valence-corrected chi connectivity index (χ3v) is 9.13. The summed E-state index contributed by atoms with van der Waals surface area (Å²) in [7, 11) is 0. The first-order valence-corrected chi connectivity index (χ1v) is 17.1. The quantitative estimate of drug-likeness (QED) is 0.167. The summed E-state index contributed by atoms with van der Waals surface area (Å²) in [5.41, 5.74) is 6.99. The highest BCUT2D eigenvalue weighted by Crippen LogP contribution is 2.31. The Morgan fingerprint density at radius 1 is 0.918 bits per heavy atom. The van der Waals surface area contributed by atoms with Gasteiger partial charge in [-0.1, -0.05) is 60.7 Å². The maximum atomic E-state index is 13.4. The lowest BCUT2D eigenvalue weighted by Crippen LogP contribution is -2.53. The van der Waals surface area contributed by atoms with E-state index >= 15 is 0 Å². The van der Waals surface area contributed by atoms with E-state index in [4.69, 9.17) is 5.73 Å². The summed E-state index contributed by atoms with van der Waals surface area (Å²) in [6, 6.07) is 19.4. The highest BCUT2D eigenvalue weighted by atomic mass is 32.2. The molecule has 5 amide bonds. The standard InChI is InChI=1S/C35H40N6O7S/c36-32(43)26-15-7-8-19-37-34(45)28(38-31(42)16-9-14-23-10-3-1-4-11-23)22-49-30-18-17-25(21-29(30)41(47)48)33(44)40-27(35(46)39-26)20-24-12-5-2-6-13-24/h1-6,10-13,17-18,21,26-28H,7-9,14-16,19-20,22H2,(H2,36,43)(H,37,45)(H,38,42)(H,39,46)(H,40,44)/t26-,27-,28-/m1/s1. The SMILES string of the molecule is NC(=O)[C@H]1CCCCNC(=O)[C@H](NC(=O)CCCc2ccccc2)CSc2ccc(cc2[N+](=O)[O-])C(=O)N[C@H](Cc2ccccc2)C(=O)N1. The zero-order valence-electron chi connectivity index (χ0n) is 26.9. The highest BCUT2D eigenvalue weighted by Gasteiger charge is 2.28. The zero-order valence-corrected chi connectivity index (χ0v) is 27.7. The fourth-order valence-corrected chi connectivity index (χ4v) is 6.34. The van der Waals surface area contributed by atoms with Gasteiger partial charge in [-0.15, -0.1) is 11.8 Å². The van der Waals surface area contributed by atoms with E-state index in [0.717, 1.165) is 29.0 Å². The second-order valence-corrected chi connectivity index (χ2v) is 12.7. The molecule has 13 nitrogen and oxygen atoms in total. The molecule has 2 aliphatic heterocycles. The number of amides is 5. The van der Waals surface area contributed by atoms with Gasteiger partial charge >= 0.3 is 0 Å². The number of nitro benzene ring substituents is 1. The summed E-state index contributed by atoms with van der Waals surface area (Å²) in [5, 5.41) is 23.0. The van der Waals surface area contributed by atoms with Gasteiger partial charge in [-0.25, -0.2) is 0 Å². The van der Waals surface area contributed by atoms with Crippen LogP contribution in [0, 0.1) is 10.1 Å². The molecule has 6 N–H and O–H groups in total. The second kappa shape index (κ2) is 18.3. The first kappa shape index (κ1) is 36.6. The molecule has 2 bridgehead atoms. The monoisotopic (exact) mass is 688 g/mol. The van der Waals surface area contributed by atoms with Crippen molar-refractivity contribution in [1.29, 1.82) is 0 Å². The van der Waals surface area contributed by atoms with Crippen molar-refractivity contribution in [3.63, 3.8) is 0 Å². The first-order valence-electron chi connectivity index (χ1n) is 16.1. The van der Waals surface area contributed by atoms with Crippen molar-refractivity contribution in [3.8, 4) is 0 Å². The molecule has 0 saturated carbocycles. The van der Waals surface area contributed by atoms with Crippen LogP contribution in [0.2, 0.25) is 0 Å². The van der Waals surface area contributed by atoms with E-state index in [1.165, 1.54) is 12.1 Å². The maximum Gasteiger partial charge on any atom is 0.283 e. The molecule has 0 aliphatic carbocycles. The fraction of sp³-hybridized carbons (Fsp3) is 0.343. The number of thioether (sulfide) groups is 1. The van der Waals surface area contributed by atoms with Gasteiger partial charge in [-0.3, -0.25) is 34.1 Å². The van der Waals surface area contributed by atoms with E-state index in [1.54, 1.807) is 24.3 Å². The number of benzene rings is 3. The predicted molar refractivity (Wildman–Crippen MR) is 185 cm³/mol. The van der Waals surface area contributed by atoms with Gasteiger partial charge in [-0.05, 0) is 55.4 Å². The summed E-state index contributed by atoms with van der Waals surface area (Å²) < 4.78 is 0. The summed E-state index contributed by atoms with van der Waals surface area (Å²) in [6.07, 6.45) is 2.57. The van der Waals surface area contributed by atoms with Gasteiger partial charge in [0.2, 0.25) is 23.6 Å². The van der Waals surface area contributed by atoms with Crippen molar-refractivity contribution >= 4 is 47.0 Å². The normalized spacial score (nSPS) is 19.3. The third kappa shape index (κ3) is 11.5. The molecule has 0 saturated heterocycles. The van der Waals surface area contributed by atoms with Crippen LogP contribution in [-0.4, -0.2) is 64.9 Å². The number of hydrogen-bond donors (Lipinski definition) is 5. The number of rotatable bonds is 9. The largest absolute Gasteiger partial charge is 0.368 e. The number of carbonyl (C=O) groups is 5. The van der Waals surface area contributed by atoms with Gasteiger partial charge in [-0.2, -0.15) is 0 Å². The van der Waals surface area contributed by atoms with Gasteiger partial charge in [0.1, 0.15) is 18.1 Å². The van der Waals surface area contributed by atoms with Crippen molar-refractivity contribution in [2.75, 3.05) is 12.3 Å². The fourth-order valence-electron chi connectivity index (χ4n) is 5.31. The number of nitrogens with two attached hydrogens (primary N) is 1. The molecule has 14 heteroatoms.